The monoisotopic (exact) mass is 209 g/mol. The van der Waals surface area contributed by atoms with Gasteiger partial charge in [0.1, 0.15) is 5.76 Å². The van der Waals surface area contributed by atoms with Crippen LogP contribution in [-0.4, -0.2) is 35.6 Å². The van der Waals surface area contributed by atoms with Crippen LogP contribution >= 0.6 is 0 Å². The third kappa shape index (κ3) is 2.38. The Morgan fingerprint density at radius 2 is 2.53 bits per heavy atom. The van der Waals surface area contributed by atoms with Crippen molar-refractivity contribution < 1.29 is 4.42 Å². The van der Waals surface area contributed by atoms with E-state index in [1.807, 2.05) is 6.92 Å². The zero-order valence-corrected chi connectivity index (χ0v) is 9.49. The van der Waals surface area contributed by atoms with Gasteiger partial charge in [-0.1, -0.05) is 6.92 Å². The Morgan fingerprint density at radius 3 is 3.07 bits per heavy atom. The van der Waals surface area contributed by atoms with Crippen LogP contribution in [0, 0.1) is 6.92 Å². The second-order valence-electron chi connectivity index (χ2n) is 4.06. The highest BCUT2D eigenvalue weighted by atomic mass is 16.3. The summed E-state index contributed by atoms with van der Waals surface area (Å²) in [4.78, 5) is 6.71. The van der Waals surface area contributed by atoms with E-state index in [0.717, 1.165) is 37.6 Å². The van der Waals surface area contributed by atoms with E-state index in [9.17, 15) is 0 Å². The largest absolute Gasteiger partial charge is 0.448 e. The van der Waals surface area contributed by atoms with Crippen LogP contribution in [0.5, 0.6) is 0 Å². The first kappa shape index (κ1) is 10.6. The van der Waals surface area contributed by atoms with Gasteiger partial charge in [0.25, 0.3) is 0 Å². The first-order valence-electron chi connectivity index (χ1n) is 5.65. The average molecular weight is 209 g/mol. The standard InChI is InChI=1S/C11H19N3O/c1-3-14(10-4-5-12-6-10)7-11-9(2)15-8-13-11/h8,10,12H,3-7H2,1-2H3. The highest BCUT2D eigenvalue weighted by Gasteiger charge is 2.22. The zero-order chi connectivity index (χ0) is 10.7. The Bertz CT molecular complexity index is 305. The van der Waals surface area contributed by atoms with Gasteiger partial charge >= 0.3 is 0 Å². The molecule has 1 aromatic rings. The van der Waals surface area contributed by atoms with Crippen molar-refractivity contribution >= 4 is 0 Å². The predicted molar refractivity (Wildman–Crippen MR) is 58.6 cm³/mol. The van der Waals surface area contributed by atoms with Gasteiger partial charge in [0.2, 0.25) is 0 Å². The molecule has 1 aliphatic heterocycles. The molecule has 4 nitrogen and oxygen atoms in total. The van der Waals surface area contributed by atoms with Crippen LogP contribution in [0.4, 0.5) is 0 Å². The summed E-state index contributed by atoms with van der Waals surface area (Å²) in [6.07, 6.45) is 2.77. The maximum absolute atomic E-state index is 5.22. The Labute approximate surface area is 90.7 Å². The molecule has 0 spiro atoms. The number of rotatable bonds is 4. The van der Waals surface area contributed by atoms with E-state index in [1.165, 1.54) is 12.8 Å². The van der Waals surface area contributed by atoms with E-state index in [4.69, 9.17) is 4.42 Å². The molecular formula is C11H19N3O. The van der Waals surface area contributed by atoms with Crippen LogP contribution in [-0.2, 0) is 6.54 Å². The minimum Gasteiger partial charge on any atom is -0.448 e. The van der Waals surface area contributed by atoms with Gasteiger partial charge in [0.05, 0.1) is 5.69 Å². The molecule has 0 bridgehead atoms. The molecule has 4 heteroatoms. The van der Waals surface area contributed by atoms with E-state index in [1.54, 1.807) is 0 Å². The van der Waals surface area contributed by atoms with Crippen LogP contribution in [0.3, 0.4) is 0 Å². The topological polar surface area (TPSA) is 41.3 Å². The third-order valence-electron chi connectivity index (χ3n) is 3.15. The lowest BCUT2D eigenvalue weighted by Gasteiger charge is -2.25. The molecule has 0 radical (unpaired) electrons. The summed E-state index contributed by atoms with van der Waals surface area (Å²) in [5.41, 5.74) is 1.07. The lowest BCUT2D eigenvalue weighted by Crippen LogP contribution is -2.36. The summed E-state index contributed by atoms with van der Waals surface area (Å²) in [5.74, 6) is 0.944. The fourth-order valence-corrected chi connectivity index (χ4v) is 2.12. The van der Waals surface area contributed by atoms with Crippen molar-refractivity contribution in [1.29, 1.82) is 0 Å². The number of oxazole rings is 1. The lowest BCUT2D eigenvalue weighted by atomic mass is 10.2. The Hall–Kier alpha value is -0.870. The maximum Gasteiger partial charge on any atom is 0.181 e. The summed E-state index contributed by atoms with van der Waals surface area (Å²) in [7, 11) is 0. The van der Waals surface area contributed by atoms with Gasteiger partial charge in [0, 0.05) is 19.1 Å². The fraction of sp³-hybridized carbons (Fsp3) is 0.727. The van der Waals surface area contributed by atoms with Crippen molar-refractivity contribution in [3.05, 3.63) is 17.8 Å². The number of aryl methyl sites for hydroxylation is 1. The number of nitrogens with one attached hydrogen (secondary N) is 1. The van der Waals surface area contributed by atoms with Gasteiger partial charge in [-0.05, 0) is 26.4 Å². The lowest BCUT2D eigenvalue weighted by molar-refractivity contribution is 0.207. The number of nitrogens with zero attached hydrogens (tertiary/aromatic N) is 2. The second kappa shape index (κ2) is 4.77. The van der Waals surface area contributed by atoms with Crippen LogP contribution in [0.1, 0.15) is 24.8 Å². The van der Waals surface area contributed by atoms with Crippen molar-refractivity contribution in [3.8, 4) is 0 Å². The summed E-state index contributed by atoms with van der Waals surface area (Å²) >= 11 is 0. The smallest absolute Gasteiger partial charge is 0.181 e. The molecule has 1 N–H and O–H groups in total. The number of likely N-dealkylation sites (N-methyl/N-ethyl adjacent to an activating group) is 1. The van der Waals surface area contributed by atoms with E-state index >= 15 is 0 Å². The van der Waals surface area contributed by atoms with Crippen LogP contribution < -0.4 is 5.32 Å². The van der Waals surface area contributed by atoms with Crippen molar-refractivity contribution in [2.75, 3.05) is 19.6 Å². The second-order valence-corrected chi connectivity index (χ2v) is 4.06. The molecule has 1 saturated heterocycles. The average Bonchev–Trinajstić information content (AvgIpc) is 2.86. The molecule has 0 saturated carbocycles. The number of aromatic nitrogens is 1. The quantitative estimate of drug-likeness (QED) is 0.808. The van der Waals surface area contributed by atoms with Gasteiger partial charge in [-0.15, -0.1) is 0 Å². The van der Waals surface area contributed by atoms with E-state index in [0.29, 0.717) is 6.04 Å². The Balaban J connectivity index is 1.98. The molecule has 0 aliphatic carbocycles. The van der Waals surface area contributed by atoms with Crippen molar-refractivity contribution in [3.63, 3.8) is 0 Å². The van der Waals surface area contributed by atoms with Crippen LogP contribution in [0.2, 0.25) is 0 Å². The summed E-state index contributed by atoms with van der Waals surface area (Å²) in [6.45, 7) is 8.39. The fourth-order valence-electron chi connectivity index (χ4n) is 2.12. The highest BCUT2D eigenvalue weighted by molar-refractivity contribution is 5.05. The first-order chi connectivity index (χ1) is 7.31. The van der Waals surface area contributed by atoms with Gasteiger partial charge in [-0.3, -0.25) is 4.90 Å². The van der Waals surface area contributed by atoms with E-state index in [-0.39, 0.29) is 0 Å². The third-order valence-corrected chi connectivity index (χ3v) is 3.15. The summed E-state index contributed by atoms with van der Waals surface area (Å²) in [5, 5.41) is 3.40. The Kier molecular flexibility index (Phi) is 3.38. The van der Waals surface area contributed by atoms with Gasteiger partial charge in [0.15, 0.2) is 6.39 Å². The molecule has 1 unspecified atom stereocenters. The first-order valence-corrected chi connectivity index (χ1v) is 5.65. The van der Waals surface area contributed by atoms with Gasteiger partial charge < -0.3 is 9.73 Å². The summed E-state index contributed by atoms with van der Waals surface area (Å²) in [6, 6.07) is 0.658. The molecule has 0 amide bonds. The highest BCUT2D eigenvalue weighted by Crippen LogP contribution is 2.14. The minimum absolute atomic E-state index is 0.658. The molecule has 84 valence electrons. The molecule has 1 aromatic heterocycles. The molecule has 1 atom stereocenters. The van der Waals surface area contributed by atoms with Crippen LogP contribution in [0.15, 0.2) is 10.8 Å². The molecular weight excluding hydrogens is 190 g/mol. The SMILES string of the molecule is CCN(Cc1ncoc1C)C1CCNC1. The maximum atomic E-state index is 5.22. The number of hydrogen-bond acceptors (Lipinski definition) is 4. The molecule has 1 aliphatic rings. The zero-order valence-electron chi connectivity index (χ0n) is 9.49. The van der Waals surface area contributed by atoms with Gasteiger partial charge in [-0.2, -0.15) is 0 Å². The van der Waals surface area contributed by atoms with Crippen molar-refractivity contribution in [1.82, 2.24) is 15.2 Å². The van der Waals surface area contributed by atoms with Crippen molar-refractivity contribution in [2.45, 2.75) is 32.9 Å². The minimum atomic E-state index is 0.658. The van der Waals surface area contributed by atoms with E-state index in [2.05, 4.69) is 22.1 Å². The van der Waals surface area contributed by atoms with Crippen LogP contribution in [0.25, 0.3) is 0 Å². The molecule has 15 heavy (non-hydrogen) atoms. The van der Waals surface area contributed by atoms with Gasteiger partial charge in [-0.25, -0.2) is 4.98 Å². The molecule has 2 rings (SSSR count). The normalized spacial score (nSPS) is 21.4. The number of hydrogen-bond donors (Lipinski definition) is 1. The van der Waals surface area contributed by atoms with E-state index < -0.39 is 0 Å². The molecule has 0 aromatic carbocycles. The Morgan fingerprint density at radius 1 is 1.67 bits per heavy atom. The van der Waals surface area contributed by atoms with Crippen molar-refractivity contribution in [2.24, 2.45) is 0 Å². The molecule has 2 heterocycles. The summed E-state index contributed by atoms with van der Waals surface area (Å²) < 4.78 is 5.22. The predicted octanol–water partition coefficient (Wildman–Crippen LogP) is 1.17. The molecule has 1 fully saturated rings.